The van der Waals surface area contributed by atoms with Gasteiger partial charge in [0.2, 0.25) is 11.7 Å². The third-order valence-electron chi connectivity index (χ3n) is 9.89. The van der Waals surface area contributed by atoms with Crippen molar-refractivity contribution in [1.29, 1.82) is 0 Å². The standard InChI is InChI=1S/C37H40N6O4/c44-35(29-12-17-42(18-13-29)37(46)34-11-16-38-47-34)41-19-14-31(15-20-41)40-21-23-43(24-22-40)36(45)30-25-32(27-7-3-1-4-8-27)39-33(26-30)28-9-5-2-6-10-28/h1-11,16,25-26,29,31H,12-15,17-24H2. The van der Waals surface area contributed by atoms with E-state index in [-0.39, 0.29) is 29.4 Å². The van der Waals surface area contributed by atoms with Crippen LogP contribution in [0.15, 0.2) is 89.6 Å². The van der Waals surface area contributed by atoms with Crippen LogP contribution in [0.3, 0.4) is 0 Å². The van der Waals surface area contributed by atoms with Crippen molar-refractivity contribution in [2.24, 2.45) is 5.92 Å². The molecule has 0 spiro atoms. The van der Waals surface area contributed by atoms with Crippen molar-refractivity contribution in [3.05, 3.63) is 96.4 Å². The molecule has 7 rings (SSSR count). The van der Waals surface area contributed by atoms with Crippen LogP contribution in [0.2, 0.25) is 0 Å². The Morgan fingerprint density at radius 2 is 1.17 bits per heavy atom. The molecule has 2 aromatic carbocycles. The Kier molecular flexibility index (Phi) is 9.10. The van der Waals surface area contributed by atoms with Crippen LogP contribution < -0.4 is 0 Å². The number of carbonyl (C=O) groups is 3. The largest absolute Gasteiger partial charge is 0.351 e. The molecule has 5 heterocycles. The lowest BCUT2D eigenvalue weighted by Gasteiger charge is -2.43. The van der Waals surface area contributed by atoms with Gasteiger partial charge in [0.1, 0.15) is 0 Å². The maximum atomic E-state index is 13.8. The molecular weight excluding hydrogens is 592 g/mol. The molecule has 3 saturated heterocycles. The molecule has 242 valence electrons. The van der Waals surface area contributed by atoms with E-state index in [4.69, 9.17) is 9.51 Å². The van der Waals surface area contributed by atoms with Crippen LogP contribution >= 0.6 is 0 Å². The van der Waals surface area contributed by atoms with Crippen LogP contribution in [0.4, 0.5) is 0 Å². The van der Waals surface area contributed by atoms with Crippen LogP contribution in [0.5, 0.6) is 0 Å². The van der Waals surface area contributed by atoms with Crippen LogP contribution in [0.25, 0.3) is 22.5 Å². The SMILES string of the molecule is O=C(c1cc(-c2ccccc2)nc(-c2ccccc2)c1)N1CCN(C2CCN(C(=O)C3CCN(C(=O)c4ccno4)CC3)CC2)CC1. The number of carbonyl (C=O) groups excluding carboxylic acids is 3. The third-order valence-corrected chi connectivity index (χ3v) is 9.89. The molecule has 2 aromatic heterocycles. The van der Waals surface area contributed by atoms with Gasteiger partial charge < -0.3 is 19.2 Å². The van der Waals surface area contributed by atoms with Crippen molar-refractivity contribution >= 4 is 17.7 Å². The molecule has 10 nitrogen and oxygen atoms in total. The van der Waals surface area contributed by atoms with Crippen LogP contribution in [-0.4, -0.2) is 106 Å². The van der Waals surface area contributed by atoms with E-state index < -0.39 is 0 Å². The summed E-state index contributed by atoms with van der Waals surface area (Å²) in [6, 6.07) is 25.8. The first-order valence-electron chi connectivity index (χ1n) is 16.7. The Bertz CT molecular complexity index is 1610. The van der Waals surface area contributed by atoms with Crippen molar-refractivity contribution in [3.8, 4) is 22.5 Å². The fourth-order valence-corrected chi connectivity index (χ4v) is 7.16. The number of nitrogens with zero attached hydrogens (tertiary/aromatic N) is 6. The van der Waals surface area contributed by atoms with E-state index in [0.29, 0.717) is 50.6 Å². The lowest BCUT2D eigenvalue weighted by Crippen LogP contribution is -2.55. The predicted octanol–water partition coefficient (Wildman–Crippen LogP) is 4.70. The normalized spacial score (nSPS) is 18.3. The quantitative estimate of drug-likeness (QED) is 0.304. The fraction of sp³-hybridized carbons (Fsp3) is 0.378. The van der Waals surface area contributed by atoms with Gasteiger partial charge in [0.15, 0.2) is 0 Å². The highest BCUT2D eigenvalue weighted by atomic mass is 16.5. The third kappa shape index (κ3) is 6.83. The average Bonchev–Trinajstić information content (AvgIpc) is 3.70. The number of piperazine rings is 1. The summed E-state index contributed by atoms with van der Waals surface area (Å²) >= 11 is 0. The predicted molar refractivity (Wildman–Crippen MR) is 177 cm³/mol. The summed E-state index contributed by atoms with van der Waals surface area (Å²) < 4.78 is 5.01. The van der Waals surface area contributed by atoms with Crippen molar-refractivity contribution in [2.75, 3.05) is 52.4 Å². The topological polar surface area (TPSA) is 103 Å². The maximum absolute atomic E-state index is 13.8. The lowest BCUT2D eigenvalue weighted by atomic mass is 9.93. The van der Waals surface area contributed by atoms with E-state index in [0.717, 1.165) is 61.5 Å². The molecule has 3 aliphatic rings. The van der Waals surface area contributed by atoms with Gasteiger partial charge in [-0.05, 0) is 37.8 Å². The maximum Gasteiger partial charge on any atom is 0.292 e. The Morgan fingerprint density at radius 3 is 1.72 bits per heavy atom. The number of benzene rings is 2. The molecule has 0 bridgehead atoms. The first-order chi connectivity index (χ1) is 23.0. The van der Waals surface area contributed by atoms with Crippen molar-refractivity contribution in [3.63, 3.8) is 0 Å². The zero-order chi connectivity index (χ0) is 32.2. The van der Waals surface area contributed by atoms with Gasteiger partial charge in [-0.15, -0.1) is 0 Å². The number of pyridine rings is 1. The van der Waals surface area contributed by atoms with Gasteiger partial charge in [-0.1, -0.05) is 65.8 Å². The molecule has 0 N–H and O–H groups in total. The highest BCUT2D eigenvalue weighted by molar-refractivity contribution is 5.96. The summed E-state index contributed by atoms with van der Waals surface area (Å²) in [4.78, 5) is 52.9. The average molecular weight is 633 g/mol. The lowest BCUT2D eigenvalue weighted by molar-refractivity contribution is -0.138. The molecule has 0 atom stereocenters. The first-order valence-corrected chi connectivity index (χ1v) is 16.7. The Hall–Kier alpha value is -4.83. The highest BCUT2D eigenvalue weighted by Crippen LogP contribution is 2.28. The van der Waals surface area contributed by atoms with Crippen LogP contribution in [0.1, 0.15) is 46.6 Å². The second-order valence-corrected chi connectivity index (χ2v) is 12.7. The van der Waals surface area contributed by atoms with Gasteiger partial charge in [0.25, 0.3) is 11.8 Å². The smallest absolute Gasteiger partial charge is 0.292 e. The molecule has 0 unspecified atom stereocenters. The number of hydrogen-bond acceptors (Lipinski definition) is 7. The molecule has 0 saturated carbocycles. The van der Waals surface area contributed by atoms with Crippen LogP contribution in [-0.2, 0) is 4.79 Å². The van der Waals surface area contributed by atoms with E-state index in [1.807, 2.05) is 82.6 Å². The molecule has 4 aromatic rings. The molecule has 0 aliphatic carbocycles. The number of likely N-dealkylation sites (tertiary alicyclic amines) is 2. The summed E-state index contributed by atoms with van der Waals surface area (Å²) in [6.45, 7) is 5.60. The van der Waals surface area contributed by atoms with Crippen molar-refractivity contribution in [2.45, 2.75) is 31.7 Å². The minimum Gasteiger partial charge on any atom is -0.351 e. The molecule has 3 aliphatic heterocycles. The minimum absolute atomic E-state index is 0.0374. The molecule has 3 amide bonds. The first kappa shape index (κ1) is 30.8. The molecule has 47 heavy (non-hydrogen) atoms. The zero-order valence-electron chi connectivity index (χ0n) is 26.5. The Labute approximate surface area is 274 Å². The highest BCUT2D eigenvalue weighted by Gasteiger charge is 2.35. The van der Waals surface area contributed by atoms with E-state index in [2.05, 4.69) is 10.1 Å². The van der Waals surface area contributed by atoms with E-state index in [1.165, 1.54) is 6.20 Å². The van der Waals surface area contributed by atoms with Gasteiger partial charge in [-0.3, -0.25) is 19.3 Å². The summed E-state index contributed by atoms with van der Waals surface area (Å²) in [5.41, 5.74) is 4.21. The Balaban J connectivity index is 0.920. The Morgan fingerprint density at radius 1 is 0.617 bits per heavy atom. The number of hydrogen-bond donors (Lipinski definition) is 0. The van der Waals surface area contributed by atoms with Gasteiger partial charge >= 0.3 is 0 Å². The van der Waals surface area contributed by atoms with Gasteiger partial charge in [-0.2, -0.15) is 0 Å². The van der Waals surface area contributed by atoms with E-state index >= 15 is 0 Å². The molecule has 10 heteroatoms. The second kappa shape index (κ2) is 13.9. The second-order valence-electron chi connectivity index (χ2n) is 12.7. The van der Waals surface area contributed by atoms with Crippen molar-refractivity contribution in [1.82, 2.24) is 29.7 Å². The molecule has 0 radical (unpaired) electrons. The summed E-state index contributed by atoms with van der Waals surface area (Å²) in [5.74, 6) is 0.292. The monoisotopic (exact) mass is 632 g/mol. The summed E-state index contributed by atoms with van der Waals surface area (Å²) in [5, 5.41) is 3.62. The van der Waals surface area contributed by atoms with E-state index in [9.17, 15) is 14.4 Å². The van der Waals surface area contributed by atoms with Crippen molar-refractivity contribution < 1.29 is 18.9 Å². The van der Waals surface area contributed by atoms with E-state index in [1.54, 1.807) is 11.0 Å². The summed E-state index contributed by atoms with van der Waals surface area (Å²) in [6.07, 6.45) is 4.69. The molecular formula is C37H40N6O4. The van der Waals surface area contributed by atoms with Gasteiger partial charge in [-0.25, -0.2) is 4.98 Å². The number of rotatable bonds is 6. The fourth-order valence-electron chi connectivity index (χ4n) is 7.16. The van der Waals surface area contributed by atoms with Gasteiger partial charge in [0, 0.05) is 87.1 Å². The number of amides is 3. The van der Waals surface area contributed by atoms with Gasteiger partial charge in [0.05, 0.1) is 17.6 Å². The minimum atomic E-state index is -0.161. The molecule has 3 fully saturated rings. The number of piperidine rings is 2. The number of aromatic nitrogens is 2. The summed E-state index contributed by atoms with van der Waals surface area (Å²) in [7, 11) is 0. The van der Waals surface area contributed by atoms with Crippen LogP contribution in [0, 0.1) is 5.92 Å². The zero-order valence-corrected chi connectivity index (χ0v) is 26.5.